The predicted molar refractivity (Wildman–Crippen MR) is 68.1 cm³/mol. The summed E-state index contributed by atoms with van der Waals surface area (Å²) in [6.07, 6.45) is 1.71. The average molecular weight is 257 g/mol. The summed E-state index contributed by atoms with van der Waals surface area (Å²) < 4.78 is 0. The number of halogens is 1. The van der Waals surface area contributed by atoms with E-state index in [0.29, 0.717) is 23.3 Å². The Kier molecular flexibility index (Phi) is 5.15. The second kappa shape index (κ2) is 6.39. The number of nitrogens with two attached hydrogens (primary N) is 1. The molecule has 0 saturated carbocycles. The Labute approximate surface area is 106 Å². The van der Waals surface area contributed by atoms with E-state index in [2.05, 4.69) is 9.97 Å². The molecule has 0 spiro atoms. The lowest BCUT2D eigenvalue weighted by atomic mass is 10.3. The number of carbonyl (C=O) groups excluding carboxylic acids is 1. The summed E-state index contributed by atoms with van der Waals surface area (Å²) in [5.74, 6) is 0.950. The van der Waals surface area contributed by atoms with Crippen molar-refractivity contribution in [3.63, 3.8) is 0 Å². The smallest absolute Gasteiger partial charge is 0.236 e. The molecular formula is C11H17ClN4O. The lowest BCUT2D eigenvalue weighted by Gasteiger charge is -2.20. The second-order valence-corrected chi connectivity index (χ2v) is 4.08. The van der Waals surface area contributed by atoms with Crippen molar-refractivity contribution in [3.05, 3.63) is 17.0 Å². The summed E-state index contributed by atoms with van der Waals surface area (Å²) in [5, 5.41) is 0.390. The third-order valence-electron chi connectivity index (χ3n) is 2.25. The van der Waals surface area contributed by atoms with E-state index < -0.39 is 5.91 Å². The van der Waals surface area contributed by atoms with Crippen molar-refractivity contribution in [2.75, 3.05) is 18.0 Å². The summed E-state index contributed by atoms with van der Waals surface area (Å²) in [7, 11) is 0. The number of likely N-dealkylation sites (N-methyl/N-ethyl adjacent to an activating group) is 1. The van der Waals surface area contributed by atoms with E-state index in [9.17, 15) is 4.79 Å². The Hall–Kier alpha value is -1.36. The van der Waals surface area contributed by atoms with Gasteiger partial charge in [-0.15, -0.1) is 0 Å². The number of rotatable bonds is 6. The lowest BCUT2D eigenvalue weighted by molar-refractivity contribution is -0.116. The first-order chi connectivity index (χ1) is 8.06. The first-order valence-electron chi connectivity index (χ1n) is 5.63. The summed E-state index contributed by atoms with van der Waals surface area (Å²) in [6.45, 7) is 4.75. The van der Waals surface area contributed by atoms with Crippen molar-refractivity contribution >= 4 is 23.3 Å². The van der Waals surface area contributed by atoms with Crippen LogP contribution in [-0.4, -0.2) is 29.0 Å². The molecule has 1 aromatic heterocycles. The number of aromatic nitrogens is 2. The maximum atomic E-state index is 10.9. The van der Waals surface area contributed by atoms with Gasteiger partial charge in [-0.3, -0.25) is 4.79 Å². The van der Waals surface area contributed by atoms with Crippen LogP contribution >= 0.6 is 11.6 Å². The molecule has 0 aliphatic rings. The number of hydrogen-bond donors (Lipinski definition) is 1. The molecule has 0 radical (unpaired) electrons. The summed E-state index contributed by atoms with van der Waals surface area (Å²) in [6, 6.07) is 1.65. The van der Waals surface area contributed by atoms with Gasteiger partial charge in [0.15, 0.2) is 0 Å². The van der Waals surface area contributed by atoms with Crippen LogP contribution < -0.4 is 10.6 Å². The largest absolute Gasteiger partial charge is 0.368 e. The minimum Gasteiger partial charge on any atom is -0.368 e. The first-order valence-corrected chi connectivity index (χ1v) is 6.01. The number of primary amides is 1. The fraction of sp³-hybridized carbons (Fsp3) is 0.545. The van der Waals surface area contributed by atoms with Crippen molar-refractivity contribution < 1.29 is 4.79 Å². The van der Waals surface area contributed by atoms with E-state index in [4.69, 9.17) is 17.3 Å². The maximum absolute atomic E-state index is 10.9. The highest BCUT2D eigenvalue weighted by molar-refractivity contribution is 6.29. The monoisotopic (exact) mass is 256 g/mol. The summed E-state index contributed by atoms with van der Waals surface area (Å²) in [5.41, 5.74) is 5.18. The molecule has 1 rings (SSSR count). The zero-order chi connectivity index (χ0) is 12.8. The minimum atomic E-state index is -0.390. The highest BCUT2D eigenvalue weighted by Gasteiger charge is 2.11. The number of nitrogens with zero attached hydrogens (tertiary/aromatic N) is 3. The van der Waals surface area contributed by atoms with Crippen molar-refractivity contribution in [3.8, 4) is 0 Å². The fourth-order valence-corrected chi connectivity index (χ4v) is 1.69. The molecule has 17 heavy (non-hydrogen) atoms. The van der Waals surface area contributed by atoms with Crippen molar-refractivity contribution in [2.24, 2.45) is 5.73 Å². The van der Waals surface area contributed by atoms with Crippen LogP contribution in [0.3, 0.4) is 0 Å². The number of carbonyl (C=O) groups is 1. The Morgan fingerprint density at radius 2 is 2.18 bits per heavy atom. The van der Waals surface area contributed by atoms with Crippen molar-refractivity contribution in [2.45, 2.75) is 26.7 Å². The van der Waals surface area contributed by atoms with Crippen LogP contribution in [0.15, 0.2) is 6.07 Å². The number of hydrogen-bond acceptors (Lipinski definition) is 4. The maximum Gasteiger partial charge on any atom is 0.236 e. The van der Waals surface area contributed by atoms with Crippen LogP contribution in [-0.2, 0) is 11.2 Å². The van der Waals surface area contributed by atoms with Gasteiger partial charge in [0.2, 0.25) is 5.91 Å². The van der Waals surface area contributed by atoms with E-state index in [-0.39, 0.29) is 6.54 Å². The summed E-state index contributed by atoms with van der Waals surface area (Å²) in [4.78, 5) is 21.2. The molecule has 1 amide bonds. The van der Waals surface area contributed by atoms with Gasteiger partial charge in [0.05, 0.1) is 6.54 Å². The standard InChI is InChI=1S/C11H17ClN4O/c1-3-5-10-14-8(12)6-11(15-10)16(4-2)7-9(13)17/h6H,3-5,7H2,1-2H3,(H2,13,17). The molecule has 0 aliphatic heterocycles. The van der Waals surface area contributed by atoms with Gasteiger partial charge in [0, 0.05) is 19.0 Å². The van der Waals surface area contributed by atoms with Crippen LogP contribution in [0.5, 0.6) is 0 Å². The van der Waals surface area contributed by atoms with E-state index in [1.807, 2.05) is 13.8 Å². The highest BCUT2D eigenvalue weighted by Crippen LogP contribution is 2.16. The molecule has 1 aromatic rings. The Bertz CT molecular complexity index is 397. The Morgan fingerprint density at radius 3 is 2.71 bits per heavy atom. The normalized spacial score (nSPS) is 10.3. The molecule has 0 bridgehead atoms. The molecular weight excluding hydrogens is 240 g/mol. The number of amides is 1. The lowest BCUT2D eigenvalue weighted by Crippen LogP contribution is -2.34. The van der Waals surface area contributed by atoms with Gasteiger partial charge in [-0.2, -0.15) is 0 Å². The molecule has 0 unspecified atom stereocenters. The van der Waals surface area contributed by atoms with Gasteiger partial charge in [-0.1, -0.05) is 18.5 Å². The van der Waals surface area contributed by atoms with Crippen molar-refractivity contribution in [1.29, 1.82) is 0 Å². The quantitative estimate of drug-likeness (QED) is 0.781. The van der Waals surface area contributed by atoms with Gasteiger partial charge < -0.3 is 10.6 Å². The van der Waals surface area contributed by atoms with E-state index in [1.54, 1.807) is 11.0 Å². The molecule has 0 atom stereocenters. The topological polar surface area (TPSA) is 72.1 Å². The Balaban J connectivity index is 2.97. The van der Waals surface area contributed by atoms with E-state index >= 15 is 0 Å². The zero-order valence-electron chi connectivity index (χ0n) is 10.1. The van der Waals surface area contributed by atoms with E-state index in [0.717, 1.165) is 12.8 Å². The average Bonchev–Trinajstić information content (AvgIpc) is 2.25. The molecule has 0 aliphatic carbocycles. The second-order valence-electron chi connectivity index (χ2n) is 3.70. The molecule has 6 heteroatoms. The predicted octanol–water partition coefficient (Wildman–Crippen LogP) is 1.39. The molecule has 0 fully saturated rings. The van der Waals surface area contributed by atoms with Gasteiger partial charge in [0.25, 0.3) is 0 Å². The van der Waals surface area contributed by atoms with Gasteiger partial charge in [0.1, 0.15) is 16.8 Å². The molecule has 0 aromatic carbocycles. The zero-order valence-corrected chi connectivity index (χ0v) is 10.9. The molecule has 94 valence electrons. The van der Waals surface area contributed by atoms with Gasteiger partial charge in [-0.25, -0.2) is 9.97 Å². The van der Waals surface area contributed by atoms with Gasteiger partial charge >= 0.3 is 0 Å². The van der Waals surface area contributed by atoms with Crippen LogP contribution in [0.1, 0.15) is 26.1 Å². The first kappa shape index (κ1) is 13.7. The third-order valence-corrected chi connectivity index (χ3v) is 2.45. The number of aryl methyl sites for hydroxylation is 1. The van der Waals surface area contributed by atoms with Gasteiger partial charge in [-0.05, 0) is 13.3 Å². The molecule has 1 heterocycles. The highest BCUT2D eigenvalue weighted by atomic mass is 35.5. The molecule has 0 saturated heterocycles. The SMILES string of the molecule is CCCc1nc(Cl)cc(N(CC)CC(N)=O)n1. The van der Waals surface area contributed by atoms with Crippen LogP contribution in [0.4, 0.5) is 5.82 Å². The van der Waals surface area contributed by atoms with E-state index in [1.165, 1.54) is 0 Å². The molecule has 2 N–H and O–H groups in total. The van der Waals surface area contributed by atoms with Crippen LogP contribution in [0.25, 0.3) is 0 Å². The fourth-order valence-electron chi connectivity index (χ4n) is 1.49. The summed E-state index contributed by atoms with van der Waals surface area (Å²) >= 11 is 5.93. The third kappa shape index (κ3) is 4.19. The minimum absolute atomic E-state index is 0.134. The Morgan fingerprint density at radius 1 is 1.47 bits per heavy atom. The van der Waals surface area contributed by atoms with Crippen LogP contribution in [0, 0.1) is 0 Å². The number of anilines is 1. The van der Waals surface area contributed by atoms with Crippen LogP contribution in [0.2, 0.25) is 5.15 Å². The molecule has 5 nitrogen and oxygen atoms in total. The van der Waals surface area contributed by atoms with Crippen molar-refractivity contribution in [1.82, 2.24) is 9.97 Å².